The number of carboxylic acids is 3. The van der Waals surface area contributed by atoms with Crippen LogP contribution in [0.1, 0.15) is 325 Å². The Morgan fingerprint density at radius 1 is 0.324 bits per heavy atom. The van der Waals surface area contributed by atoms with Crippen molar-refractivity contribution in [1.29, 1.82) is 0 Å². The number of hydrogen-bond acceptors (Lipinski definition) is 6. The zero-order valence-corrected chi connectivity index (χ0v) is 47.8. The number of carboxylic acid groups (broad SMARTS) is 3. The van der Waals surface area contributed by atoms with Crippen LogP contribution >= 0.6 is 0 Å². The Hall–Kier alpha value is -1.20. The second-order valence-corrected chi connectivity index (χ2v) is 22.3. The van der Waals surface area contributed by atoms with Gasteiger partial charge in [0.2, 0.25) is 0 Å². The molecule has 0 fully saturated rings. The van der Waals surface area contributed by atoms with Crippen LogP contribution in [0, 0.1) is 17.8 Å². The molecule has 10 nitrogen and oxygen atoms in total. The van der Waals surface area contributed by atoms with Gasteiger partial charge in [-0.05, 0) is 37.0 Å². The summed E-state index contributed by atoms with van der Waals surface area (Å²) in [7, 11) is 0. The van der Waals surface area contributed by atoms with Gasteiger partial charge in [-0.3, -0.25) is 14.4 Å². The maximum atomic E-state index is 10.3. The summed E-state index contributed by atoms with van der Waals surface area (Å²) in [4.78, 5) is 35.3. The van der Waals surface area contributed by atoms with Crippen molar-refractivity contribution in [3.63, 3.8) is 0 Å². The average Bonchev–Trinajstić information content (AvgIpc) is 3.26. The van der Waals surface area contributed by atoms with Crippen LogP contribution in [0.4, 0.5) is 0 Å². The Morgan fingerprint density at radius 2 is 0.485 bits per heavy atom. The average molecular weight is 1010 g/mol. The molecule has 0 unspecified atom stereocenters. The van der Waals surface area contributed by atoms with E-state index in [0.717, 1.165) is 56.3 Å². The summed E-state index contributed by atoms with van der Waals surface area (Å²) in [6.07, 6.45) is 51.8. The van der Waals surface area contributed by atoms with Crippen LogP contribution in [-0.2, 0) is 44.7 Å². The second-order valence-electron chi connectivity index (χ2n) is 21.2. The van der Waals surface area contributed by atoms with Gasteiger partial charge in [-0.15, -0.1) is 0 Å². The topological polar surface area (TPSA) is 168 Å². The molecule has 0 spiro atoms. The Bertz CT molecular complexity index is 926. The van der Waals surface area contributed by atoms with Gasteiger partial charge in [-0.25, -0.2) is 0 Å². The van der Waals surface area contributed by atoms with Crippen LogP contribution in [0.3, 0.4) is 0 Å². The van der Waals surface area contributed by atoms with E-state index in [1.807, 2.05) is 0 Å². The summed E-state index contributed by atoms with van der Waals surface area (Å²) >= 11 is -3.42. The van der Waals surface area contributed by atoms with Crippen molar-refractivity contribution >= 4 is 17.9 Å². The molecule has 0 saturated carbocycles. The molecule has 0 aliphatic rings. The van der Waals surface area contributed by atoms with E-state index in [4.69, 9.17) is 19.0 Å². The van der Waals surface area contributed by atoms with Crippen LogP contribution in [-0.4, -0.2) is 43.0 Å². The normalized spacial score (nSPS) is 11.0. The molecule has 68 heavy (non-hydrogen) atoms. The first-order valence-corrected chi connectivity index (χ1v) is 30.7. The third-order valence-corrected chi connectivity index (χ3v) is 12.5. The van der Waals surface area contributed by atoms with Crippen LogP contribution in [0.5, 0.6) is 0 Å². The van der Waals surface area contributed by atoms with Gasteiger partial charge in [0, 0.05) is 19.3 Å². The number of carbonyl (C=O) groups is 3. The van der Waals surface area contributed by atoms with Gasteiger partial charge < -0.3 is 15.3 Å². The molecule has 0 amide bonds. The fourth-order valence-electron chi connectivity index (χ4n) is 7.93. The summed E-state index contributed by atoms with van der Waals surface area (Å²) in [5, 5.41) is 25.6. The number of rotatable bonds is 48. The molecule has 0 aromatic heterocycles. The molecular formula is C57H116O10Ti. The first-order chi connectivity index (χ1) is 32.5. The van der Waals surface area contributed by atoms with Crippen molar-refractivity contribution in [1.82, 2.24) is 0 Å². The minimum atomic E-state index is -3.42. The van der Waals surface area contributed by atoms with Crippen molar-refractivity contribution in [2.45, 2.75) is 331 Å². The quantitative estimate of drug-likeness (QED) is 0.0199. The molecule has 0 bridgehead atoms. The molecule has 0 aromatic rings. The van der Waals surface area contributed by atoms with Crippen LogP contribution in [0.2, 0.25) is 0 Å². The number of aliphatic carboxylic acids is 3. The van der Waals surface area contributed by atoms with E-state index in [2.05, 4.69) is 49.9 Å². The summed E-state index contributed by atoms with van der Waals surface area (Å²) < 4.78 is 21.8. The molecule has 408 valence electrons. The molecule has 4 N–H and O–H groups in total. The van der Waals surface area contributed by atoms with Crippen molar-refractivity contribution in [2.75, 3.05) is 0 Å². The van der Waals surface area contributed by atoms with Gasteiger partial charge in [-0.1, -0.05) is 273 Å². The fourth-order valence-corrected chi connectivity index (χ4v) is 8.36. The van der Waals surface area contributed by atoms with Gasteiger partial charge in [0.05, 0.1) is 0 Å². The molecule has 0 saturated heterocycles. The third kappa shape index (κ3) is 87.8. The molecule has 0 aromatic carbocycles. The first-order valence-electron chi connectivity index (χ1n) is 28.7. The number of hydrogen-bond donors (Lipinski definition) is 4. The van der Waals surface area contributed by atoms with Crippen molar-refractivity contribution in [3.05, 3.63) is 0 Å². The molecule has 0 heterocycles. The van der Waals surface area contributed by atoms with E-state index >= 15 is 0 Å². The summed E-state index contributed by atoms with van der Waals surface area (Å²) in [5.41, 5.74) is 0. The van der Waals surface area contributed by atoms with Crippen LogP contribution < -0.4 is 0 Å². The summed E-state index contributed by atoms with van der Waals surface area (Å²) in [5.74, 6) is 0.636. The summed E-state index contributed by atoms with van der Waals surface area (Å²) in [6, 6.07) is 0. The molecule has 0 radical (unpaired) electrons. The predicted molar refractivity (Wildman–Crippen MR) is 282 cm³/mol. The first kappa shape index (κ1) is 73.3. The Balaban J connectivity index is -0.000000417. The molecule has 11 heteroatoms. The summed E-state index contributed by atoms with van der Waals surface area (Å²) in [6.45, 7) is 17.3. The van der Waals surface area contributed by atoms with Gasteiger partial charge in [0.15, 0.2) is 0 Å². The van der Waals surface area contributed by atoms with Gasteiger partial charge in [0.25, 0.3) is 0 Å². The predicted octanol–water partition coefficient (Wildman–Crippen LogP) is 18.7. The molecule has 0 aliphatic carbocycles. The van der Waals surface area contributed by atoms with E-state index in [1.54, 1.807) is 13.8 Å². The molecule has 0 rings (SSSR count). The zero-order valence-electron chi connectivity index (χ0n) is 46.2. The van der Waals surface area contributed by atoms with Crippen LogP contribution in [0.15, 0.2) is 0 Å². The SMILES string of the molecule is CC(C)CCCCCCCCCCCCCCC(=O)O.CC(C)CCCCCCCCCCCCCCC(=O)O.CC(C)CCCCCCCCCCCCCCC(=O)O.CC(C)O[O][Ti](=[O])[OH]. The van der Waals surface area contributed by atoms with Crippen molar-refractivity contribution < 1.29 is 63.7 Å². The molecular weight excluding hydrogens is 892 g/mol. The Morgan fingerprint density at radius 3 is 0.603 bits per heavy atom. The van der Waals surface area contributed by atoms with Gasteiger partial charge in [0.1, 0.15) is 0 Å². The Labute approximate surface area is 428 Å². The van der Waals surface area contributed by atoms with E-state index in [0.29, 0.717) is 19.3 Å². The maximum absolute atomic E-state index is 10.3. The molecule has 0 atom stereocenters. The van der Waals surface area contributed by atoms with E-state index in [9.17, 15) is 17.7 Å². The van der Waals surface area contributed by atoms with E-state index in [1.165, 1.54) is 212 Å². The monoisotopic (exact) mass is 1010 g/mol. The zero-order chi connectivity index (χ0) is 51.7. The number of unbranched alkanes of at least 4 members (excludes halogenated alkanes) is 33. The van der Waals surface area contributed by atoms with Crippen molar-refractivity contribution in [2.24, 2.45) is 17.8 Å². The van der Waals surface area contributed by atoms with Gasteiger partial charge in [-0.2, -0.15) is 0 Å². The van der Waals surface area contributed by atoms with E-state index in [-0.39, 0.29) is 6.10 Å². The van der Waals surface area contributed by atoms with E-state index < -0.39 is 36.5 Å². The second kappa shape index (κ2) is 61.9. The third-order valence-electron chi connectivity index (χ3n) is 12.1. The standard InChI is InChI=1S/3C18H36O2.C3H8O2.H2O.O.Ti/c3*1-17(2)15-13-11-9-7-5-3-4-6-8-10-12-14-16-18(19)20;1-3(2)5-4;;;/h3*17H,3-16H2,1-2H3,(H,19,20);3-4H,1-2H3;1H2;;/q;;;;;;+2/p-2. The Kier molecular flexibility index (Phi) is 66.8. The van der Waals surface area contributed by atoms with Crippen molar-refractivity contribution in [3.8, 4) is 0 Å². The fraction of sp³-hybridized carbons (Fsp3) is 0.947. The minimum absolute atomic E-state index is 0.154. The van der Waals surface area contributed by atoms with Crippen LogP contribution in [0.25, 0.3) is 0 Å². The van der Waals surface area contributed by atoms with Gasteiger partial charge >= 0.3 is 71.8 Å². The molecule has 0 aliphatic heterocycles.